The predicted molar refractivity (Wildman–Crippen MR) is 68.7 cm³/mol. The van der Waals surface area contributed by atoms with Crippen LogP contribution in [-0.2, 0) is 0 Å². The van der Waals surface area contributed by atoms with E-state index in [-0.39, 0.29) is 0 Å². The minimum absolute atomic E-state index is 0.412. The Morgan fingerprint density at radius 3 is 3.00 bits per heavy atom. The molecule has 4 nitrogen and oxygen atoms in total. The van der Waals surface area contributed by atoms with Crippen LogP contribution in [0, 0.1) is 0 Å². The maximum atomic E-state index is 10.2. The van der Waals surface area contributed by atoms with E-state index in [2.05, 4.69) is 9.97 Å². The number of aromatic nitrogens is 2. The van der Waals surface area contributed by atoms with Crippen molar-refractivity contribution in [2.24, 2.45) is 0 Å². The summed E-state index contributed by atoms with van der Waals surface area (Å²) in [7, 11) is 0. The molecule has 0 amide bonds. The van der Waals surface area contributed by atoms with Gasteiger partial charge in [-0.3, -0.25) is 9.97 Å². The second-order valence-electron chi connectivity index (χ2n) is 3.66. The molecule has 5 heteroatoms. The van der Waals surface area contributed by atoms with Crippen LogP contribution in [0.25, 0.3) is 0 Å². The standard InChI is InChI=1S/C13H13ClN2O2/c1-2-18-10-6-9(7-15-8-10)13(17)12-11(14)4-3-5-16-12/h3-8,13,17H,2H2,1H3. The first-order valence-corrected chi connectivity index (χ1v) is 5.96. The average Bonchev–Trinajstić information content (AvgIpc) is 2.39. The number of halogens is 1. The summed E-state index contributed by atoms with van der Waals surface area (Å²) in [6.07, 6.45) is 3.84. The highest BCUT2D eigenvalue weighted by atomic mass is 35.5. The molecule has 2 rings (SSSR count). The van der Waals surface area contributed by atoms with Crippen molar-refractivity contribution in [3.8, 4) is 5.75 Å². The second-order valence-corrected chi connectivity index (χ2v) is 4.07. The minimum Gasteiger partial charge on any atom is -0.492 e. The number of aliphatic hydroxyl groups is 1. The second kappa shape index (κ2) is 5.80. The topological polar surface area (TPSA) is 55.2 Å². The molecule has 2 aromatic rings. The first-order valence-electron chi connectivity index (χ1n) is 5.58. The number of pyridine rings is 2. The zero-order valence-electron chi connectivity index (χ0n) is 9.88. The number of nitrogens with zero attached hydrogens (tertiary/aromatic N) is 2. The van der Waals surface area contributed by atoms with Crippen LogP contribution in [0.5, 0.6) is 5.75 Å². The van der Waals surface area contributed by atoms with Crippen LogP contribution in [0.2, 0.25) is 5.02 Å². The molecule has 1 N–H and O–H groups in total. The smallest absolute Gasteiger partial charge is 0.137 e. The van der Waals surface area contributed by atoms with Crippen LogP contribution >= 0.6 is 11.6 Å². The Morgan fingerprint density at radius 1 is 1.44 bits per heavy atom. The number of hydrogen-bond acceptors (Lipinski definition) is 4. The highest BCUT2D eigenvalue weighted by molar-refractivity contribution is 6.31. The molecule has 0 aromatic carbocycles. The lowest BCUT2D eigenvalue weighted by Crippen LogP contribution is -2.04. The molecular formula is C13H13ClN2O2. The Kier molecular flexibility index (Phi) is 4.12. The first kappa shape index (κ1) is 12.8. The summed E-state index contributed by atoms with van der Waals surface area (Å²) in [5.74, 6) is 0.612. The van der Waals surface area contributed by atoms with Crippen molar-refractivity contribution in [3.63, 3.8) is 0 Å². The summed E-state index contributed by atoms with van der Waals surface area (Å²) in [6, 6.07) is 5.13. The van der Waals surface area contributed by atoms with Crippen LogP contribution in [0.3, 0.4) is 0 Å². The van der Waals surface area contributed by atoms with Gasteiger partial charge in [-0.25, -0.2) is 0 Å². The number of ether oxygens (including phenoxy) is 1. The van der Waals surface area contributed by atoms with Gasteiger partial charge < -0.3 is 9.84 Å². The fourth-order valence-corrected chi connectivity index (χ4v) is 1.81. The van der Waals surface area contributed by atoms with Gasteiger partial charge in [-0.05, 0) is 25.1 Å². The molecule has 2 aromatic heterocycles. The van der Waals surface area contributed by atoms with Gasteiger partial charge in [0.25, 0.3) is 0 Å². The van der Waals surface area contributed by atoms with Crippen molar-refractivity contribution in [3.05, 3.63) is 53.1 Å². The fraction of sp³-hybridized carbons (Fsp3) is 0.231. The van der Waals surface area contributed by atoms with Gasteiger partial charge in [-0.15, -0.1) is 0 Å². The molecule has 0 aliphatic heterocycles. The van der Waals surface area contributed by atoms with Gasteiger partial charge in [-0.2, -0.15) is 0 Å². The summed E-state index contributed by atoms with van der Waals surface area (Å²) in [5.41, 5.74) is 1.01. The maximum Gasteiger partial charge on any atom is 0.137 e. The Balaban J connectivity index is 2.31. The Morgan fingerprint density at radius 2 is 2.28 bits per heavy atom. The number of rotatable bonds is 4. The number of hydrogen-bond donors (Lipinski definition) is 1. The molecule has 2 heterocycles. The number of aliphatic hydroxyl groups excluding tert-OH is 1. The van der Waals surface area contributed by atoms with Gasteiger partial charge in [0.05, 0.1) is 23.5 Å². The van der Waals surface area contributed by atoms with Crippen LogP contribution in [0.15, 0.2) is 36.8 Å². The molecule has 1 unspecified atom stereocenters. The van der Waals surface area contributed by atoms with Crippen LogP contribution < -0.4 is 4.74 Å². The van der Waals surface area contributed by atoms with Crippen molar-refractivity contribution in [2.75, 3.05) is 6.61 Å². The van der Waals surface area contributed by atoms with Crippen molar-refractivity contribution in [2.45, 2.75) is 13.0 Å². The lowest BCUT2D eigenvalue weighted by atomic mass is 10.1. The monoisotopic (exact) mass is 264 g/mol. The van der Waals surface area contributed by atoms with Gasteiger partial charge in [0.15, 0.2) is 0 Å². The van der Waals surface area contributed by atoms with Gasteiger partial charge >= 0.3 is 0 Å². The highest BCUT2D eigenvalue weighted by Gasteiger charge is 2.16. The summed E-state index contributed by atoms with van der Waals surface area (Å²) >= 11 is 6.00. The molecule has 18 heavy (non-hydrogen) atoms. The van der Waals surface area contributed by atoms with Gasteiger partial charge in [-0.1, -0.05) is 11.6 Å². The molecule has 0 saturated carbocycles. The van der Waals surface area contributed by atoms with Crippen LogP contribution in [-0.4, -0.2) is 21.7 Å². The van der Waals surface area contributed by atoms with Crippen molar-refractivity contribution < 1.29 is 9.84 Å². The van der Waals surface area contributed by atoms with Gasteiger partial charge in [0.1, 0.15) is 11.9 Å². The molecule has 94 valence electrons. The van der Waals surface area contributed by atoms with E-state index in [4.69, 9.17) is 16.3 Å². The van der Waals surface area contributed by atoms with Crippen molar-refractivity contribution in [1.29, 1.82) is 0 Å². The maximum absolute atomic E-state index is 10.2. The van der Waals surface area contributed by atoms with Gasteiger partial charge in [0.2, 0.25) is 0 Å². The molecular weight excluding hydrogens is 252 g/mol. The van der Waals surface area contributed by atoms with E-state index in [9.17, 15) is 5.11 Å². The van der Waals surface area contributed by atoms with E-state index in [0.717, 1.165) is 0 Å². The molecule has 1 atom stereocenters. The lowest BCUT2D eigenvalue weighted by Gasteiger charge is -2.12. The quantitative estimate of drug-likeness (QED) is 0.922. The molecule has 0 fully saturated rings. The zero-order chi connectivity index (χ0) is 13.0. The van der Waals surface area contributed by atoms with Crippen LogP contribution in [0.4, 0.5) is 0 Å². The van der Waals surface area contributed by atoms with E-state index in [0.29, 0.717) is 28.6 Å². The predicted octanol–water partition coefficient (Wildman–Crippen LogP) is 2.61. The minimum atomic E-state index is -0.911. The largest absolute Gasteiger partial charge is 0.492 e. The molecule has 0 bridgehead atoms. The van der Waals surface area contributed by atoms with Crippen molar-refractivity contribution >= 4 is 11.6 Å². The van der Waals surface area contributed by atoms with Crippen molar-refractivity contribution in [1.82, 2.24) is 9.97 Å². The third-order valence-corrected chi connectivity index (χ3v) is 2.73. The van der Waals surface area contributed by atoms with E-state index >= 15 is 0 Å². The Hall–Kier alpha value is -1.65. The first-order chi connectivity index (χ1) is 8.72. The van der Waals surface area contributed by atoms with Gasteiger partial charge in [0, 0.05) is 18.0 Å². The SMILES string of the molecule is CCOc1cncc(C(O)c2ncccc2Cl)c1. The summed E-state index contributed by atoms with van der Waals surface area (Å²) < 4.78 is 5.34. The third kappa shape index (κ3) is 2.78. The summed E-state index contributed by atoms with van der Waals surface area (Å²) in [5, 5.41) is 10.6. The Bertz CT molecular complexity index is 534. The summed E-state index contributed by atoms with van der Waals surface area (Å²) in [4.78, 5) is 8.10. The molecule has 0 radical (unpaired) electrons. The normalized spacial score (nSPS) is 12.2. The van der Waals surface area contributed by atoms with E-state index in [1.807, 2.05) is 6.92 Å². The van der Waals surface area contributed by atoms with E-state index < -0.39 is 6.10 Å². The molecule has 0 aliphatic rings. The molecule has 0 saturated heterocycles. The lowest BCUT2D eigenvalue weighted by molar-refractivity contribution is 0.214. The highest BCUT2D eigenvalue weighted by Crippen LogP contribution is 2.27. The molecule has 0 spiro atoms. The Labute approximate surface area is 110 Å². The van der Waals surface area contributed by atoms with E-state index in [1.54, 1.807) is 36.8 Å². The fourth-order valence-electron chi connectivity index (χ4n) is 1.59. The average molecular weight is 265 g/mol. The molecule has 0 aliphatic carbocycles. The zero-order valence-corrected chi connectivity index (χ0v) is 10.6. The van der Waals surface area contributed by atoms with Crippen LogP contribution in [0.1, 0.15) is 24.3 Å². The third-order valence-electron chi connectivity index (χ3n) is 2.41. The van der Waals surface area contributed by atoms with E-state index in [1.165, 1.54) is 0 Å². The summed E-state index contributed by atoms with van der Waals surface area (Å²) in [6.45, 7) is 2.43.